The van der Waals surface area contributed by atoms with Gasteiger partial charge in [-0.05, 0) is 31.0 Å². The summed E-state index contributed by atoms with van der Waals surface area (Å²) >= 11 is 0. The van der Waals surface area contributed by atoms with E-state index in [-0.39, 0.29) is 0 Å². The lowest BCUT2D eigenvalue weighted by Gasteiger charge is -2.34. The standard InChI is InChI=1S/C15H21N5/c1-19-15(4-9-18-19)12-17-13-5-10-20(11-6-13)14-2-7-16-8-3-14/h2-4,7-9,13,17H,5-6,10-12H2,1H3. The van der Waals surface area contributed by atoms with Gasteiger partial charge >= 0.3 is 0 Å². The summed E-state index contributed by atoms with van der Waals surface area (Å²) in [5.41, 5.74) is 2.52. The largest absolute Gasteiger partial charge is 0.371 e. The van der Waals surface area contributed by atoms with Crippen molar-refractivity contribution in [3.63, 3.8) is 0 Å². The van der Waals surface area contributed by atoms with E-state index in [4.69, 9.17) is 0 Å². The van der Waals surface area contributed by atoms with E-state index in [0.29, 0.717) is 6.04 Å². The number of rotatable bonds is 4. The predicted octanol–water partition coefficient (Wildman–Crippen LogP) is 1.57. The van der Waals surface area contributed by atoms with Crippen molar-refractivity contribution in [2.24, 2.45) is 7.05 Å². The highest BCUT2D eigenvalue weighted by Crippen LogP contribution is 2.19. The molecular weight excluding hydrogens is 250 g/mol. The van der Waals surface area contributed by atoms with E-state index in [1.54, 1.807) is 0 Å². The van der Waals surface area contributed by atoms with Crippen LogP contribution in [0.3, 0.4) is 0 Å². The highest BCUT2D eigenvalue weighted by atomic mass is 15.3. The van der Waals surface area contributed by atoms with Gasteiger partial charge in [0.25, 0.3) is 0 Å². The number of nitrogens with zero attached hydrogens (tertiary/aromatic N) is 4. The Morgan fingerprint density at radius 1 is 1.15 bits per heavy atom. The molecule has 0 bridgehead atoms. The van der Waals surface area contributed by atoms with E-state index < -0.39 is 0 Å². The van der Waals surface area contributed by atoms with Crippen molar-refractivity contribution in [3.8, 4) is 0 Å². The van der Waals surface area contributed by atoms with E-state index in [2.05, 4.69) is 38.5 Å². The molecule has 0 saturated carbocycles. The third-order valence-electron chi connectivity index (χ3n) is 4.02. The van der Waals surface area contributed by atoms with E-state index >= 15 is 0 Å². The fourth-order valence-corrected chi connectivity index (χ4v) is 2.72. The molecule has 20 heavy (non-hydrogen) atoms. The Balaban J connectivity index is 1.48. The number of hydrogen-bond donors (Lipinski definition) is 1. The summed E-state index contributed by atoms with van der Waals surface area (Å²) in [6.45, 7) is 3.11. The minimum atomic E-state index is 0.600. The summed E-state index contributed by atoms with van der Waals surface area (Å²) in [6, 6.07) is 6.84. The molecule has 3 rings (SSSR count). The van der Waals surface area contributed by atoms with Gasteiger partial charge in [-0.25, -0.2) is 0 Å². The first-order valence-electron chi connectivity index (χ1n) is 7.18. The van der Waals surface area contributed by atoms with Gasteiger partial charge in [-0.1, -0.05) is 0 Å². The summed E-state index contributed by atoms with van der Waals surface area (Å²) in [5, 5.41) is 7.83. The fourth-order valence-electron chi connectivity index (χ4n) is 2.72. The lowest BCUT2D eigenvalue weighted by atomic mass is 10.0. The highest BCUT2D eigenvalue weighted by molar-refractivity contribution is 5.44. The lowest BCUT2D eigenvalue weighted by Crippen LogP contribution is -2.42. The van der Waals surface area contributed by atoms with E-state index in [9.17, 15) is 0 Å². The first kappa shape index (κ1) is 13.1. The van der Waals surface area contributed by atoms with Gasteiger partial charge in [0.15, 0.2) is 0 Å². The Kier molecular flexibility index (Phi) is 3.97. The molecule has 2 aromatic heterocycles. The molecule has 1 aliphatic heterocycles. The van der Waals surface area contributed by atoms with Gasteiger partial charge in [0.05, 0.1) is 5.69 Å². The lowest BCUT2D eigenvalue weighted by molar-refractivity contribution is 0.408. The Morgan fingerprint density at radius 3 is 2.55 bits per heavy atom. The molecule has 1 aliphatic rings. The van der Waals surface area contributed by atoms with Crippen molar-refractivity contribution in [1.29, 1.82) is 0 Å². The van der Waals surface area contributed by atoms with Crippen LogP contribution in [0.5, 0.6) is 0 Å². The van der Waals surface area contributed by atoms with Crippen LogP contribution in [0.15, 0.2) is 36.8 Å². The average Bonchev–Trinajstić information content (AvgIpc) is 2.92. The maximum atomic E-state index is 4.19. The summed E-state index contributed by atoms with van der Waals surface area (Å²) < 4.78 is 1.93. The molecule has 0 radical (unpaired) electrons. The van der Waals surface area contributed by atoms with Crippen molar-refractivity contribution < 1.29 is 0 Å². The van der Waals surface area contributed by atoms with Crippen LogP contribution in [0.2, 0.25) is 0 Å². The third-order valence-corrected chi connectivity index (χ3v) is 4.02. The summed E-state index contributed by atoms with van der Waals surface area (Å²) in [6.07, 6.45) is 7.94. The van der Waals surface area contributed by atoms with Crippen LogP contribution in [0.4, 0.5) is 5.69 Å². The zero-order valence-electron chi connectivity index (χ0n) is 11.9. The second-order valence-electron chi connectivity index (χ2n) is 5.29. The number of nitrogens with one attached hydrogen (secondary N) is 1. The van der Waals surface area contributed by atoms with Crippen molar-refractivity contribution >= 4 is 5.69 Å². The molecular formula is C15H21N5. The van der Waals surface area contributed by atoms with Gasteiger partial charge in [0.2, 0.25) is 0 Å². The van der Waals surface area contributed by atoms with Crippen LogP contribution in [0.25, 0.3) is 0 Å². The monoisotopic (exact) mass is 271 g/mol. The van der Waals surface area contributed by atoms with E-state index in [0.717, 1.165) is 19.6 Å². The molecule has 2 aromatic rings. The van der Waals surface area contributed by atoms with E-state index in [1.807, 2.05) is 30.3 Å². The van der Waals surface area contributed by atoms with Crippen LogP contribution >= 0.6 is 0 Å². The maximum absolute atomic E-state index is 4.19. The zero-order valence-corrected chi connectivity index (χ0v) is 11.9. The Morgan fingerprint density at radius 2 is 1.90 bits per heavy atom. The summed E-state index contributed by atoms with van der Waals surface area (Å²) in [7, 11) is 1.99. The molecule has 0 aromatic carbocycles. The topological polar surface area (TPSA) is 46.0 Å². The number of aromatic nitrogens is 3. The molecule has 3 heterocycles. The van der Waals surface area contributed by atoms with Crippen LogP contribution in [0, 0.1) is 0 Å². The molecule has 5 heteroatoms. The van der Waals surface area contributed by atoms with Crippen molar-refractivity contribution in [1.82, 2.24) is 20.1 Å². The smallest absolute Gasteiger partial charge is 0.0518 e. The van der Waals surface area contributed by atoms with Crippen molar-refractivity contribution in [3.05, 3.63) is 42.5 Å². The first-order chi connectivity index (χ1) is 9.83. The van der Waals surface area contributed by atoms with Crippen LogP contribution in [-0.2, 0) is 13.6 Å². The summed E-state index contributed by atoms with van der Waals surface area (Å²) in [4.78, 5) is 6.51. The Hall–Kier alpha value is -1.88. The van der Waals surface area contributed by atoms with Crippen molar-refractivity contribution in [2.45, 2.75) is 25.4 Å². The average molecular weight is 271 g/mol. The highest BCUT2D eigenvalue weighted by Gasteiger charge is 2.19. The second-order valence-corrected chi connectivity index (χ2v) is 5.29. The maximum Gasteiger partial charge on any atom is 0.0518 e. The van der Waals surface area contributed by atoms with Gasteiger partial charge in [0, 0.05) is 57.0 Å². The predicted molar refractivity (Wildman–Crippen MR) is 79.5 cm³/mol. The number of pyridine rings is 1. The fraction of sp³-hybridized carbons (Fsp3) is 0.467. The van der Waals surface area contributed by atoms with Gasteiger partial charge in [-0.2, -0.15) is 5.10 Å². The zero-order chi connectivity index (χ0) is 13.8. The van der Waals surface area contributed by atoms with Crippen LogP contribution < -0.4 is 10.2 Å². The van der Waals surface area contributed by atoms with Crippen LogP contribution in [-0.4, -0.2) is 33.9 Å². The minimum Gasteiger partial charge on any atom is -0.371 e. The van der Waals surface area contributed by atoms with Crippen LogP contribution in [0.1, 0.15) is 18.5 Å². The molecule has 0 unspecified atom stereocenters. The SMILES string of the molecule is Cn1nccc1CNC1CCN(c2ccncc2)CC1. The normalized spacial score (nSPS) is 16.6. The van der Waals surface area contributed by atoms with Crippen molar-refractivity contribution in [2.75, 3.05) is 18.0 Å². The minimum absolute atomic E-state index is 0.600. The molecule has 0 aliphatic carbocycles. The molecule has 0 atom stereocenters. The molecule has 1 N–H and O–H groups in total. The molecule has 5 nitrogen and oxygen atoms in total. The second kappa shape index (κ2) is 6.05. The van der Waals surface area contributed by atoms with Gasteiger partial charge in [-0.15, -0.1) is 0 Å². The quantitative estimate of drug-likeness (QED) is 0.917. The Labute approximate surface area is 119 Å². The number of anilines is 1. The number of piperidine rings is 1. The molecule has 0 amide bonds. The summed E-state index contributed by atoms with van der Waals surface area (Å²) in [5.74, 6) is 0. The molecule has 1 saturated heterocycles. The third kappa shape index (κ3) is 2.99. The molecule has 0 spiro atoms. The number of aryl methyl sites for hydroxylation is 1. The van der Waals surface area contributed by atoms with Gasteiger partial charge in [0.1, 0.15) is 0 Å². The first-order valence-corrected chi connectivity index (χ1v) is 7.18. The molecule has 1 fully saturated rings. The molecule has 106 valence electrons. The van der Waals surface area contributed by atoms with E-state index in [1.165, 1.54) is 24.2 Å². The van der Waals surface area contributed by atoms with Gasteiger partial charge < -0.3 is 10.2 Å². The Bertz CT molecular complexity index is 528. The van der Waals surface area contributed by atoms with Gasteiger partial charge in [-0.3, -0.25) is 9.67 Å². The number of hydrogen-bond acceptors (Lipinski definition) is 4.